The summed E-state index contributed by atoms with van der Waals surface area (Å²) in [5.74, 6) is -0.777. The molecule has 0 aliphatic heterocycles. The first kappa shape index (κ1) is 20.7. The summed E-state index contributed by atoms with van der Waals surface area (Å²) < 4.78 is 52.7. The summed E-state index contributed by atoms with van der Waals surface area (Å²) in [5.41, 5.74) is 2.86. The smallest absolute Gasteiger partial charge is 0.258 e. The second-order valence-corrected chi connectivity index (χ2v) is 10.9. The lowest BCUT2D eigenvalue weighted by atomic mass is 10.0. The number of aromatic amines is 1. The lowest BCUT2D eigenvalue weighted by molar-refractivity contribution is 0.603. The molecule has 2 heterocycles. The summed E-state index contributed by atoms with van der Waals surface area (Å²) in [4.78, 5) is 0.0281. The van der Waals surface area contributed by atoms with Crippen LogP contribution in [0.2, 0.25) is 0 Å². The third-order valence-electron chi connectivity index (χ3n) is 5.43. The zero-order valence-electron chi connectivity index (χ0n) is 16.7. The minimum absolute atomic E-state index is 0.00413. The Labute approximate surface area is 189 Å². The van der Waals surface area contributed by atoms with Crippen LogP contribution >= 0.6 is 11.3 Å². The Kier molecular flexibility index (Phi) is 5.00. The van der Waals surface area contributed by atoms with Crippen molar-refractivity contribution in [2.24, 2.45) is 5.92 Å². The number of aromatic nitrogens is 2. The van der Waals surface area contributed by atoms with Gasteiger partial charge in [0.15, 0.2) is 0 Å². The SMILES string of the molecule is CC1C(S(=O)(=O)Nc2ccc3[nH]nc(-c4csc5ccccc45)c3c2)=CC=CC1=S(=O)=O. The standard InChI is InChI=1S/C22H17N3O4S3/c1-13-20(31(26)27)7-4-8-21(13)32(28,29)25-14-9-10-18-16(11-14)22(24-23-18)17-12-30-19-6-3-2-5-15(17)19/h2-13,25H,1H3,(H,23,24). The molecule has 1 aliphatic carbocycles. The topological polar surface area (TPSA) is 109 Å². The van der Waals surface area contributed by atoms with Crippen LogP contribution < -0.4 is 4.72 Å². The van der Waals surface area contributed by atoms with Crippen molar-refractivity contribution in [3.05, 3.63) is 71.0 Å². The monoisotopic (exact) mass is 483 g/mol. The van der Waals surface area contributed by atoms with E-state index < -0.39 is 26.2 Å². The van der Waals surface area contributed by atoms with Gasteiger partial charge < -0.3 is 0 Å². The van der Waals surface area contributed by atoms with Crippen molar-refractivity contribution in [2.75, 3.05) is 4.72 Å². The van der Waals surface area contributed by atoms with Crippen LogP contribution in [0.5, 0.6) is 0 Å². The molecule has 1 unspecified atom stereocenters. The number of rotatable bonds is 4. The molecular formula is C22H17N3O4S3. The Balaban J connectivity index is 1.55. The Morgan fingerprint density at radius 3 is 2.75 bits per heavy atom. The number of anilines is 1. The van der Waals surface area contributed by atoms with Gasteiger partial charge in [-0.3, -0.25) is 9.82 Å². The summed E-state index contributed by atoms with van der Waals surface area (Å²) in [6.07, 6.45) is 4.25. The van der Waals surface area contributed by atoms with Crippen molar-refractivity contribution < 1.29 is 16.8 Å². The molecule has 4 aromatic rings. The molecule has 10 heteroatoms. The number of thiophene rings is 1. The molecule has 0 spiro atoms. The molecule has 32 heavy (non-hydrogen) atoms. The van der Waals surface area contributed by atoms with E-state index in [2.05, 4.69) is 14.9 Å². The lowest BCUT2D eigenvalue weighted by Gasteiger charge is -2.18. The molecule has 0 saturated heterocycles. The third-order valence-corrected chi connectivity index (χ3v) is 8.88. The fraction of sp³-hybridized carbons (Fsp3) is 0.0909. The van der Waals surface area contributed by atoms with Crippen LogP contribution in [-0.2, 0) is 20.3 Å². The highest BCUT2D eigenvalue weighted by Gasteiger charge is 2.28. The first-order chi connectivity index (χ1) is 15.3. The Morgan fingerprint density at radius 2 is 1.94 bits per heavy atom. The van der Waals surface area contributed by atoms with Crippen LogP contribution in [0, 0.1) is 5.92 Å². The summed E-state index contributed by atoms with van der Waals surface area (Å²) in [5, 5.41) is 11.4. The second-order valence-electron chi connectivity index (χ2n) is 7.37. The maximum absolute atomic E-state index is 13.0. The number of nitrogens with one attached hydrogen (secondary N) is 2. The predicted octanol–water partition coefficient (Wildman–Crippen LogP) is 4.33. The van der Waals surface area contributed by atoms with Crippen LogP contribution in [-0.4, -0.2) is 31.9 Å². The zero-order chi connectivity index (χ0) is 22.5. The van der Waals surface area contributed by atoms with E-state index in [9.17, 15) is 16.8 Å². The number of nitrogens with zero attached hydrogens (tertiary/aromatic N) is 1. The van der Waals surface area contributed by atoms with Gasteiger partial charge in [-0.25, -0.2) is 8.42 Å². The number of sulfonamides is 1. The summed E-state index contributed by atoms with van der Waals surface area (Å²) in [6.45, 7) is 1.55. The first-order valence-corrected chi connectivity index (χ1v) is 13.1. The van der Waals surface area contributed by atoms with Gasteiger partial charge in [-0.1, -0.05) is 31.2 Å². The highest BCUT2D eigenvalue weighted by Crippen LogP contribution is 2.37. The van der Waals surface area contributed by atoms with Crippen LogP contribution in [0.4, 0.5) is 5.69 Å². The minimum atomic E-state index is -3.97. The van der Waals surface area contributed by atoms with Gasteiger partial charge in [-0.2, -0.15) is 13.5 Å². The molecule has 2 N–H and O–H groups in total. The van der Waals surface area contributed by atoms with Crippen LogP contribution in [0.1, 0.15) is 6.92 Å². The largest absolute Gasteiger partial charge is 0.280 e. The van der Waals surface area contributed by atoms with Gasteiger partial charge in [0, 0.05) is 38.0 Å². The van der Waals surface area contributed by atoms with E-state index in [4.69, 9.17) is 0 Å². The molecule has 7 nitrogen and oxygen atoms in total. The van der Waals surface area contributed by atoms with Crippen LogP contribution in [0.15, 0.2) is 71.0 Å². The van der Waals surface area contributed by atoms with E-state index in [0.29, 0.717) is 5.69 Å². The molecule has 1 aliphatic rings. The second kappa shape index (κ2) is 7.73. The van der Waals surface area contributed by atoms with E-state index in [0.717, 1.165) is 32.2 Å². The normalized spacial score (nSPS) is 16.5. The number of H-pyrrole nitrogens is 1. The summed E-state index contributed by atoms with van der Waals surface area (Å²) in [7, 11) is -6.46. The Hall–Kier alpha value is -3.21. The Morgan fingerprint density at radius 1 is 1.12 bits per heavy atom. The fourth-order valence-electron chi connectivity index (χ4n) is 3.85. The third kappa shape index (κ3) is 3.46. The Bertz CT molecular complexity index is 1680. The average molecular weight is 484 g/mol. The number of allylic oxidation sites excluding steroid dienone is 4. The van der Waals surface area contributed by atoms with Gasteiger partial charge in [0.25, 0.3) is 10.0 Å². The van der Waals surface area contributed by atoms with E-state index in [1.807, 2.05) is 29.6 Å². The van der Waals surface area contributed by atoms with E-state index in [-0.39, 0.29) is 9.77 Å². The molecule has 0 bridgehead atoms. The van der Waals surface area contributed by atoms with Gasteiger partial charge in [-0.05, 0) is 36.4 Å². The van der Waals surface area contributed by atoms with Crippen molar-refractivity contribution in [3.63, 3.8) is 0 Å². The highest BCUT2D eigenvalue weighted by atomic mass is 32.2. The van der Waals surface area contributed by atoms with Gasteiger partial charge in [0.1, 0.15) is 5.69 Å². The van der Waals surface area contributed by atoms with Crippen molar-refractivity contribution in [3.8, 4) is 11.3 Å². The molecule has 1 atom stereocenters. The van der Waals surface area contributed by atoms with Crippen molar-refractivity contribution in [2.45, 2.75) is 6.92 Å². The quantitative estimate of drug-likeness (QED) is 0.420. The number of fused-ring (bicyclic) bond motifs is 2. The molecule has 2 aromatic heterocycles. The lowest BCUT2D eigenvalue weighted by Crippen LogP contribution is -2.25. The van der Waals surface area contributed by atoms with Gasteiger partial charge in [0.2, 0.25) is 10.3 Å². The van der Waals surface area contributed by atoms with Crippen LogP contribution in [0.3, 0.4) is 0 Å². The van der Waals surface area contributed by atoms with Crippen molar-refractivity contribution in [1.82, 2.24) is 10.2 Å². The van der Waals surface area contributed by atoms with Crippen molar-refractivity contribution >= 4 is 63.2 Å². The molecule has 0 saturated carbocycles. The zero-order valence-corrected chi connectivity index (χ0v) is 19.2. The maximum atomic E-state index is 13.0. The fourth-order valence-corrected chi connectivity index (χ4v) is 6.88. The van der Waals surface area contributed by atoms with E-state index in [1.54, 1.807) is 36.5 Å². The van der Waals surface area contributed by atoms with Crippen LogP contribution in [0.25, 0.3) is 32.2 Å². The minimum Gasteiger partial charge on any atom is -0.280 e. The predicted molar refractivity (Wildman–Crippen MR) is 130 cm³/mol. The maximum Gasteiger partial charge on any atom is 0.258 e. The average Bonchev–Trinajstić information content (AvgIpc) is 3.36. The number of hydrogen-bond donors (Lipinski definition) is 2. The van der Waals surface area contributed by atoms with Crippen molar-refractivity contribution in [1.29, 1.82) is 0 Å². The first-order valence-electron chi connectivity index (χ1n) is 9.67. The molecule has 0 fully saturated rings. The molecule has 0 amide bonds. The van der Waals surface area contributed by atoms with Gasteiger partial charge >= 0.3 is 0 Å². The van der Waals surface area contributed by atoms with E-state index in [1.165, 1.54) is 18.2 Å². The molecule has 2 aromatic carbocycles. The van der Waals surface area contributed by atoms with Gasteiger partial charge in [0.05, 0.1) is 15.3 Å². The highest BCUT2D eigenvalue weighted by molar-refractivity contribution is 7.96. The summed E-state index contributed by atoms with van der Waals surface area (Å²) in [6, 6.07) is 13.2. The number of benzene rings is 2. The molecule has 5 rings (SSSR count). The number of hydrogen-bond acceptors (Lipinski definition) is 6. The molecule has 162 valence electrons. The van der Waals surface area contributed by atoms with E-state index >= 15 is 0 Å². The molecule has 0 radical (unpaired) electrons. The molecular weight excluding hydrogens is 466 g/mol. The summed E-state index contributed by atoms with van der Waals surface area (Å²) >= 11 is 1.62. The van der Waals surface area contributed by atoms with Gasteiger partial charge in [-0.15, -0.1) is 11.3 Å².